The topological polar surface area (TPSA) is 75.7 Å². The Labute approximate surface area is 109 Å². The van der Waals surface area contributed by atoms with Gasteiger partial charge in [0.1, 0.15) is 0 Å². The van der Waals surface area contributed by atoms with Crippen molar-refractivity contribution in [3.8, 4) is 0 Å². The van der Waals surface area contributed by atoms with E-state index < -0.39 is 10.0 Å². The number of carbonyl (C=O) groups excluding carboxylic acids is 1. The van der Waals surface area contributed by atoms with Crippen LogP contribution in [0.4, 0.5) is 0 Å². The lowest BCUT2D eigenvalue weighted by molar-refractivity contribution is -0.126. The van der Waals surface area contributed by atoms with Gasteiger partial charge >= 0.3 is 0 Å². The van der Waals surface area contributed by atoms with E-state index >= 15 is 0 Å². The monoisotopic (exact) mass is 278 g/mol. The molecule has 6 nitrogen and oxygen atoms in total. The van der Waals surface area contributed by atoms with Crippen molar-refractivity contribution in [2.45, 2.75) is 19.3 Å². The van der Waals surface area contributed by atoms with Gasteiger partial charge in [0.25, 0.3) is 0 Å². The Hall–Kier alpha value is -0.660. The van der Waals surface area contributed by atoms with Crippen molar-refractivity contribution in [3.63, 3.8) is 0 Å². The van der Waals surface area contributed by atoms with E-state index in [0.717, 1.165) is 19.3 Å². The maximum atomic E-state index is 11.9. The zero-order valence-corrected chi connectivity index (χ0v) is 11.8. The Kier molecular flexibility index (Phi) is 6.04. The first-order valence-electron chi connectivity index (χ1n) is 6.17. The highest BCUT2D eigenvalue weighted by atomic mass is 32.2. The molecule has 18 heavy (non-hydrogen) atoms. The summed E-state index contributed by atoms with van der Waals surface area (Å²) in [5.41, 5.74) is 0. The minimum Gasteiger partial charge on any atom is -0.385 e. The summed E-state index contributed by atoms with van der Waals surface area (Å²) in [7, 11) is -1.57. The van der Waals surface area contributed by atoms with Crippen LogP contribution < -0.4 is 5.32 Å². The minimum atomic E-state index is -3.19. The summed E-state index contributed by atoms with van der Waals surface area (Å²) in [5.74, 6) is -0.282. The van der Waals surface area contributed by atoms with E-state index in [1.165, 1.54) is 10.6 Å². The Balaban J connectivity index is 2.39. The number of ether oxygens (including phenoxy) is 1. The van der Waals surface area contributed by atoms with Gasteiger partial charge in [-0.1, -0.05) is 0 Å². The molecule has 0 unspecified atom stereocenters. The van der Waals surface area contributed by atoms with Gasteiger partial charge in [-0.3, -0.25) is 4.79 Å². The molecule has 0 aromatic heterocycles. The van der Waals surface area contributed by atoms with Gasteiger partial charge in [0.15, 0.2) is 0 Å². The van der Waals surface area contributed by atoms with Crippen LogP contribution in [0.1, 0.15) is 19.3 Å². The van der Waals surface area contributed by atoms with E-state index in [-0.39, 0.29) is 11.8 Å². The van der Waals surface area contributed by atoms with Gasteiger partial charge in [-0.25, -0.2) is 12.7 Å². The molecule has 1 aliphatic heterocycles. The van der Waals surface area contributed by atoms with Gasteiger partial charge in [0.05, 0.1) is 12.2 Å². The maximum Gasteiger partial charge on any atom is 0.224 e. The number of amides is 1. The third-order valence-electron chi connectivity index (χ3n) is 3.05. The highest BCUT2D eigenvalue weighted by Crippen LogP contribution is 2.18. The molecule has 0 bridgehead atoms. The second-order valence-corrected chi connectivity index (χ2v) is 6.58. The number of carbonyl (C=O) groups is 1. The van der Waals surface area contributed by atoms with Crippen LogP contribution in [0.15, 0.2) is 0 Å². The van der Waals surface area contributed by atoms with Crippen LogP contribution in [0.2, 0.25) is 0 Å². The van der Waals surface area contributed by atoms with E-state index in [1.54, 1.807) is 7.11 Å². The van der Waals surface area contributed by atoms with E-state index in [0.29, 0.717) is 26.2 Å². The predicted molar refractivity (Wildman–Crippen MR) is 68.6 cm³/mol. The first-order chi connectivity index (χ1) is 8.45. The fourth-order valence-corrected chi connectivity index (χ4v) is 2.94. The van der Waals surface area contributed by atoms with E-state index in [4.69, 9.17) is 4.74 Å². The molecule has 0 aliphatic carbocycles. The highest BCUT2D eigenvalue weighted by Gasteiger charge is 2.29. The number of nitrogens with one attached hydrogen (secondary N) is 1. The molecule has 0 radical (unpaired) electrons. The van der Waals surface area contributed by atoms with Gasteiger partial charge in [0, 0.05) is 33.4 Å². The number of piperidine rings is 1. The van der Waals surface area contributed by atoms with Crippen molar-refractivity contribution in [1.29, 1.82) is 0 Å². The molecule has 1 heterocycles. The number of rotatable bonds is 6. The summed E-state index contributed by atoms with van der Waals surface area (Å²) < 4.78 is 29.1. The average molecular weight is 278 g/mol. The Morgan fingerprint density at radius 1 is 1.50 bits per heavy atom. The summed E-state index contributed by atoms with van der Waals surface area (Å²) in [6, 6.07) is 0. The second kappa shape index (κ2) is 7.06. The van der Waals surface area contributed by atoms with Crippen LogP contribution in [0.3, 0.4) is 0 Å². The SMILES string of the molecule is COCCCNC(=O)[C@@H]1CCCN(S(C)(=O)=O)C1. The van der Waals surface area contributed by atoms with Gasteiger partial charge < -0.3 is 10.1 Å². The maximum absolute atomic E-state index is 11.9. The van der Waals surface area contributed by atoms with Crippen molar-refractivity contribution < 1.29 is 17.9 Å². The van der Waals surface area contributed by atoms with Gasteiger partial charge in [-0.2, -0.15) is 0 Å². The fraction of sp³-hybridized carbons (Fsp3) is 0.909. The lowest BCUT2D eigenvalue weighted by Gasteiger charge is -2.30. The van der Waals surface area contributed by atoms with E-state index in [9.17, 15) is 13.2 Å². The van der Waals surface area contributed by atoms with Crippen molar-refractivity contribution in [3.05, 3.63) is 0 Å². The normalized spacial score (nSPS) is 21.8. The number of nitrogens with zero attached hydrogens (tertiary/aromatic N) is 1. The van der Waals surface area contributed by atoms with Crippen molar-refractivity contribution >= 4 is 15.9 Å². The number of hydrogen-bond donors (Lipinski definition) is 1. The van der Waals surface area contributed by atoms with Crippen molar-refractivity contribution in [2.75, 3.05) is 39.6 Å². The Bertz CT molecular complexity index is 369. The minimum absolute atomic E-state index is 0.0561. The molecule has 1 rings (SSSR count). The molecule has 1 atom stereocenters. The largest absolute Gasteiger partial charge is 0.385 e. The zero-order valence-electron chi connectivity index (χ0n) is 11.0. The second-order valence-electron chi connectivity index (χ2n) is 4.60. The molecule has 106 valence electrons. The Morgan fingerprint density at radius 3 is 2.83 bits per heavy atom. The summed E-state index contributed by atoms with van der Waals surface area (Å²) in [6.45, 7) is 2.00. The fourth-order valence-electron chi connectivity index (χ4n) is 2.03. The number of methoxy groups -OCH3 is 1. The lowest BCUT2D eigenvalue weighted by Crippen LogP contribution is -2.45. The first kappa shape index (κ1) is 15.4. The predicted octanol–water partition coefficient (Wildman–Crippen LogP) is -0.189. The molecule has 0 aromatic carbocycles. The summed E-state index contributed by atoms with van der Waals surface area (Å²) in [6.07, 6.45) is 3.45. The van der Waals surface area contributed by atoms with Crippen molar-refractivity contribution in [1.82, 2.24) is 9.62 Å². The standard InChI is InChI=1S/C11H22N2O4S/c1-17-8-4-6-12-11(14)10-5-3-7-13(9-10)18(2,15)16/h10H,3-9H2,1-2H3,(H,12,14)/t10-/m1/s1. The summed E-state index contributed by atoms with van der Waals surface area (Å²) in [5, 5.41) is 2.82. The average Bonchev–Trinajstić information content (AvgIpc) is 2.33. The molecule has 0 saturated carbocycles. The molecule has 1 amide bonds. The van der Waals surface area contributed by atoms with Crippen LogP contribution in [0, 0.1) is 5.92 Å². The van der Waals surface area contributed by atoms with Crippen LogP contribution in [-0.2, 0) is 19.6 Å². The molecule has 1 aliphatic rings. The Morgan fingerprint density at radius 2 is 2.22 bits per heavy atom. The number of sulfonamides is 1. The molecule has 1 saturated heterocycles. The molecule has 1 N–H and O–H groups in total. The first-order valence-corrected chi connectivity index (χ1v) is 8.01. The highest BCUT2D eigenvalue weighted by molar-refractivity contribution is 7.88. The van der Waals surface area contributed by atoms with Gasteiger partial charge in [0.2, 0.25) is 15.9 Å². The zero-order chi connectivity index (χ0) is 13.6. The van der Waals surface area contributed by atoms with Gasteiger partial charge in [-0.15, -0.1) is 0 Å². The molecule has 1 fully saturated rings. The van der Waals surface area contributed by atoms with Crippen LogP contribution >= 0.6 is 0 Å². The molecule has 0 aromatic rings. The molecule has 0 spiro atoms. The van der Waals surface area contributed by atoms with Crippen molar-refractivity contribution in [2.24, 2.45) is 5.92 Å². The smallest absolute Gasteiger partial charge is 0.224 e. The molecule has 7 heteroatoms. The third-order valence-corrected chi connectivity index (χ3v) is 4.32. The quantitative estimate of drug-likeness (QED) is 0.683. The number of hydrogen-bond acceptors (Lipinski definition) is 4. The molecular weight excluding hydrogens is 256 g/mol. The van der Waals surface area contributed by atoms with E-state index in [2.05, 4.69) is 5.32 Å². The van der Waals surface area contributed by atoms with Crippen LogP contribution in [0.25, 0.3) is 0 Å². The van der Waals surface area contributed by atoms with Gasteiger partial charge in [-0.05, 0) is 19.3 Å². The lowest BCUT2D eigenvalue weighted by atomic mass is 9.99. The third kappa shape index (κ3) is 4.91. The summed E-state index contributed by atoms with van der Waals surface area (Å²) in [4.78, 5) is 11.9. The molecular formula is C11H22N2O4S. The summed E-state index contributed by atoms with van der Waals surface area (Å²) >= 11 is 0. The van der Waals surface area contributed by atoms with E-state index in [1.807, 2.05) is 0 Å². The van der Waals surface area contributed by atoms with Crippen LogP contribution in [0.5, 0.6) is 0 Å². The van der Waals surface area contributed by atoms with Crippen LogP contribution in [-0.4, -0.2) is 58.2 Å².